The number of halogens is 3. The number of aliphatic carboxylic acids is 1. The predicted octanol–water partition coefficient (Wildman–Crippen LogP) is 3.36. The Hall–Kier alpha value is -3.40. The third-order valence-corrected chi connectivity index (χ3v) is 5.17. The van der Waals surface area contributed by atoms with E-state index in [-0.39, 0.29) is 11.9 Å². The van der Waals surface area contributed by atoms with E-state index < -0.39 is 12.1 Å². The average molecular weight is 448 g/mol. The van der Waals surface area contributed by atoms with Gasteiger partial charge in [0.2, 0.25) is 5.91 Å². The van der Waals surface area contributed by atoms with Crippen LogP contribution in [0.5, 0.6) is 0 Å². The summed E-state index contributed by atoms with van der Waals surface area (Å²) in [4.78, 5) is 23.2. The summed E-state index contributed by atoms with van der Waals surface area (Å²) in [5, 5.41) is 16.8. The van der Waals surface area contributed by atoms with Gasteiger partial charge >= 0.3 is 12.1 Å². The van der Waals surface area contributed by atoms with E-state index in [1.54, 1.807) is 7.05 Å². The molecule has 0 fully saturated rings. The summed E-state index contributed by atoms with van der Waals surface area (Å²) in [6.07, 6.45) is -2.80. The topological polar surface area (TPSA) is 87.5 Å². The fourth-order valence-electron chi connectivity index (χ4n) is 3.72. The van der Waals surface area contributed by atoms with Crippen LogP contribution in [0.4, 0.5) is 13.2 Å². The first kappa shape index (κ1) is 23.3. The van der Waals surface area contributed by atoms with Gasteiger partial charge in [0.05, 0.1) is 18.2 Å². The summed E-state index contributed by atoms with van der Waals surface area (Å²) in [5.74, 6) is -2.70. The molecular weight excluding hydrogens is 425 g/mol. The zero-order valence-corrected chi connectivity index (χ0v) is 17.3. The fraction of sp³-hybridized carbons (Fsp3) is 0.318. The molecule has 32 heavy (non-hydrogen) atoms. The van der Waals surface area contributed by atoms with E-state index in [9.17, 15) is 18.0 Å². The van der Waals surface area contributed by atoms with Gasteiger partial charge in [-0.1, -0.05) is 42.5 Å². The van der Waals surface area contributed by atoms with Gasteiger partial charge < -0.3 is 10.4 Å². The molecule has 0 radical (unpaired) electrons. The van der Waals surface area contributed by atoms with Crippen LogP contribution in [-0.2, 0) is 22.7 Å². The highest BCUT2D eigenvalue weighted by Crippen LogP contribution is 2.26. The summed E-state index contributed by atoms with van der Waals surface area (Å²) < 4.78 is 33.7. The van der Waals surface area contributed by atoms with Gasteiger partial charge in [0.1, 0.15) is 0 Å². The molecule has 170 valence electrons. The Morgan fingerprint density at radius 1 is 1.16 bits per heavy atom. The summed E-state index contributed by atoms with van der Waals surface area (Å²) in [6, 6.07) is 17.1. The number of carboxylic acid groups (broad SMARTS) is 1. The first-order chi connectivity index (χ1) is 15.2. The van der Waals surface area contributed by atoms with Crippen molar-refractivity contribution in [3.63, 3.8) is 0 Å². The van der Waals surface area contributed by atoms with Crippen LogP contribution in [0.15, 0.2) is 54.7 Å². The molecule has 3 aromatic rings. The van der Waals surface area contributed by atoms with Crippen molar-refractivity contribution in [2.75, 3.05) is 13.6 Å². The van der Waals surface area contributed by atoms with Crippen molar-refractivity contribution >= 4 is 22.6 Å². The number of alkyl halides is 3. The largest absolute Gasteiger partial charge is 0.490 e. The van der Waals surface area contributed by atoms with Crippen LogP contribution in [0.3, 0.4) is 0 Å². The van der Waals surface area contributed by atoms with Crippen molar-refractivity contribution < 1.29 is 27.9 Å². The lowest BCUT2D eigenvalue weighted by Crippen LogP contribution is -2.39. The van der Waals surface area contributed by atoms with Crippen LogP contribution < -0.4 is 5.32 Å². The highest BCUT2D eigenvalue weighted by molar-refractivity contribution is 5.85. The zero-order valence-electron chi connectivity index (χ0n) is 17.3. The second kappa shape index (κ2) is 9.82. The van der Waals surface area contributed by atoms with Crippen LogP contribution in [0.2, 0.25) is 0 Å². The highest BCUT2D eigenvalue weighted by Gasteiger charge is 2.38. The molecule has 0 saturated heterocycles. The number of carbonyl (C=O) groups is 2. The molecule has 0 saturated carbocycles. The average Bonchev–Trinajstić information content (AvgIpc) is 3.23. The second-order valence-electron chi connectivity index (χ2n) is 7.41. The summed E-state index contributed by atoms with van der Waals surface area (Å²) in [7, 11) is 1.68. The molecule has 1 aliphatic rings. The SMILES string of the molecule is CNC(=O)CC1CN(Cc2cccc3ccccc23)Cc2ccnn21.O=C(O)C(F)(F)F. The molecule has 0 aliphatic carbocycles. The van der Waals surface area contributed by atoms with E-state index >= 15 is 0 Å². The summed E-state index contributed by atoms with van der Waals surface area (Å²) in [5.41, 5.74) is 2.49. The molecule has 1 atom stereocenters. The van der Waals surface area contributed by atoms with Crippen molar-refractivity contribution in [1.29, 1.82) is 0 Å². The van der Waals surface area contributed by atoms with Crippen LogP contribution in [0.25, 0.3) is 10.8 Å². The predicted molar refractivity (Wildman–Crippen MR) is 112 cm³/mol. The zero-order chi connectivity index (χ0) is 23.3. The number of carbonyl (C=O) groups excluding carboxylic acids is 1. The molecule has 0 spiro atoms. The fourth-order valence-corrected chi connectivity index (χ4v) is 3.72. The van der Waals surface area contributed by atoms with E-state index in [4.69, 9.17) is 9.90 Å². The lowest BCUT2D eigenvalue weighted by molar-refractivity contribution is -0.192. The van der Waals surface area contributed by atoms with Gasteiger partial charge in [-0.05, 0) is 22.4 Å². The lowest BCUT2D eigenvalue weighted by atomic mass is 10.0. The van der Waals surface area contributed by atoms with Crippen LogP contribution >= 0.6 is 0 Å². The standard InChI is InChI=1S/C20H22N4O.C2HF3O2/c1-21-20(25)11-18-14-23(13-17-9-10-22-24(17)18)12-16-7-4-6-15-5-2-3-8-19(15)16;3-2(4,5)1(6)7/h2-10,18H,11-14H2,1H3,(H,21,25);(H,6,7). The number of hydrogen-bond donors (Lipinski definition) is 2. The first-order valence-corrected chi connectivity index (χ1v) is 9.91. The van der Waals surface area contributed by atoms with Crippen molar-refractivity contribution in [3.05, 3.63) is 66.0 Å². The molecular formula is C22H23F3N4O3. The number of benzene rings is 2. The van der Waals surface area contributed by atoms with Gasteiger partial charge in [-0.2, -0.15) is 18.3 Å². The van der Waals surface area contributed by atoms with Gasteiger partial charge in [0.25, 0.3) is 0 Å². The maximum Gasteiger partial charge on any atom is 0.490 e. The van der Waals surface area contributed by atoms with E-state index in [0.717, 1.165) is 19.6 Å². The molecule has 7 nitrogen and oxygen atoms in total. The number of amides is 1. The van der Waals surface area contributed by atoms with Crippen LogP contribution in [-0.4, -0.2) is 51.4 Å². The number of hydrogen-bond acceptors (Lipinski definition) is 4. The third kappa shape index (κ3) is 5.64. The normalized spacial score (nSPS) is 16.1. The summed E-state index contributed by atoms with van der Waals surface area (Å²) >= 11 is 0. The van der Waals surface area contributed by atoms with Gasteiger partial charge in [-0.25, -0.2) is 4.79 Å². The van der Waals surface area contributed by atoms with E-state index in [0.29, 0.717) is 6.42 Å². The van der Waals surface area contributed by atoms with Crippen molar-refractivity contribution in [2.24, 2.45) is 0 Å². The molecule has 4 rings (SSSR count). The van der Waals surface area contributed by atoms with Crippen molar-refractivity contribution in [3.8, 4) is 0 Å². The number of fused-ring (bicyclic) bond motifs is 2. The Balaban J connectivity index is 0.000000360. The molecule has 0 bridgehead atoms. The molecule has 1 aromatic heterocycles. The highest BCUT2D eigenvalue weighted by atomic mass is 19.4. The molecule has 2 heterocycles. The minimum Gasteiger partial charge on any atom is -0.475 e. The summed E-state index contributed by atoms with van der Waals surface area (Å²) in [6.45, 7) is 2.55. The number of nitrogens with one attached hydrogen (secondary N) is 1. The number of rotatable bonds is 4. The third-order valence-electron chi connectivity index (χ3n) is 5.17. The van der Waals surface area contributed by atoms with Gasteiger partial charge in [0, 0.05) is 32.9 Å². The van der Waals surface area contributed by atoms with E-state index in [1.165, 1.54) is 22.0 Å². The minimum atomic E-state index is -5.08. The molecule has 10 heteroatoms. The molecule has 2 N–H and O–H groups in total. The number of nitrogens with zero attached hydrogens (tertiary/aromatic N) is 3. The molecule has 2 aromatic carbocycles. The Labute approximate surface area is 182 Å². The maximum atomic E-state index is 11.9. The molecule has 1 aliphatic heterocycles. The second-order valence-corrected chi connectivity index (χ2v) is 7.41. The Morgan fingerprint density at radius 3 is 2.53 bits per heavy atom. The lowest BCUT2D eigenvalue weighted by Gasteiger charge is -2.33. The minimum absolute atomic E-state index is 0.0541. The first-order valence-electron chi connectivity index (χ1n) is 9.91. The monoisotopic (exact) mass is 448 g/mol. The Bertz CT molecular complexity index is 1090. The van der Waals surface area contributed by atoms with Gasteiger partial charge in [0.15, 0.2) is 0 Å². The number of aromatic nitrogens is 2. The smallest absolute Gasteiger partial charge is 0.475 e. The number of carboxylic acids is 1. The van der Waals surface area contributed by atoms with Gasteiger partial charge in [-0.3, -0.25) is 14.4 Å². The maximum absolute atomic E-state index is 11.9. The molecule has 1 amide bonds. The van der Waals surface area contributed by atoms with Crippen molar-refractivity contribution in [1.82, 2.24) is 20.0 Å². The van der Waals surface area contributed by atoms with E-state index in [1.807, 2.05) is 16.9 Å². The molecule has 1 unspecified atom stereocenters. The van der Waals surface area contributed by atoms with Crippen molar-refractivity contribution in [2.45, 2.75) is 31.7 Å². The van der Waals surface area contributed by atoms with Crippen LogP contribution in [0, 0.1) is 0 Å². The Morgan fingerprint density at radius 2 is 1.84 bits per heavy atom. The van der Waals surface area contributed by atoms with E-state index in [2.05, 4.69) is 57.8 Å². The Kier molecular flexibility index (Phi) is 7.14. The van der Waals surface area contributed by atoms with Gasteiger partial charge in [-0.15, -0.1) is 0 Å². The van der Waals surface area contributed by atoms with Crippen LogP contribution in [0.1, 0.15) is 23.7 Å². The quantitative estimate of drug-likeness (QED) is 0.639.